The van der Waals surface area contributed by atoms with Crippen LogP contribution in [0.3, 0.4) is 0 Å². The lowest BCUT2D eigenvalue weighted by Gasteiger charge is -2.31. The van der Waals surface area contributed by atoms with Crippen molar-refractivity contribution in [2.45, 2.75) is 50.3 Å². The van der Waals surface area contributed by atoms with Crippen LogP contribution in [0, 0.1) is 0 Å². The van der Waals surface area contributed by atoms with Crippen molar-refractivity contribution in [2.75, 3.05) is 25.4 Å². The average Bonchev–Trinajstić information content (AvgIpc) is 2.90. The minimum Gasteiger partial charge on any atom is -0.340 e. The maximum absolute atomic E-state index is 12.3. The van der Waals surface area contributed by atoms with E-state index < -0.39 is 0 Å². The molecule has 2 aliphatic heterocycles. The molecule has 2 unspecified atom stereocenters. The summed E-state index contributed by atoms with van der Waals surface area (Å²) >= 11 is 1.84. The molecule has 1 amide bonds. The van der Waals surface area contributed by atoms with Gasteiger partial charge in [-0.2, -0.15) is 0 Å². The molecule has 2 fully saturated rings. The van der Waals surface area contributed by atoms with Crippen LogP contribution in [-0.4, -0.2) is 47.5 Å². The van der Waals surface area contributed by atoms with Gasteiger partial charge in [0.1, 0.15) is 0 Å². The fourth-order valence-electron chi connectivity index (χ4n) is 2.70. The van der Waals surface area contributed by atoms with Crippen LogP contribution >= 0.6 is 11.8 Å². The summed E-state index contributed by atoms with van der Waals surface area (Å²) in [6, 6.07) is 0.527. The number of nitrogens with zero attached hydrogens (tertiary/aromatic N) is 1. The Morgan fingerprint density at radius 1 is 1.35 bits per heavy atom. The molecule has 0 aromatic heterocycles. The van der Waals surface area contributed by atoms with Crippen molar-refractivity contribution < 1.29 is 4.79 Å². The minimum atomic E-state index is 0.249. The molecule has 1 N–H and O–H groups in total. The lowest BCUT2D eigenvalue weighted by atomic mass is 10.0. The molecule has 2 saturated heterocycles. The first-order valence-electron chi connectivity index (χ1n) is 6.95. The first-order valence-corrected chi connectivity index (χ1v) is 8.00. The van der Waals surface area contributed by atoms with E-state index in [1.807, 2.05) is 11.8 Å². The average molecular weight is 256 g/mol. The SMILES string of the molecule is CCN(CC1CCCCN1)C(=O)C1CCCS1. The zero-order valence-corrected chi connectivity index (χ0v) is 11.6. The van der Waals surface area contributed by atoms with E-state index in [9.17, 15) is 4.79 Å². The molecule has 0 bridgehead atoms. The van der Waals surface area contributed by atoms with Gasteiger partial charge in [0, 0.05) is 19.1 Å². The number of likely N-dealkylation sites (N-methyl/N-ethyl adjacent to an activating group) is 1. The number of hydrogen-bond donors (Lipinski definition) is 1. The van der Waals surface area contributed by atoms with E-state index in [1.165, 1.54) is 25.7 Å². The standard InChI is InChI=1S/C13H24N2OS/c1-2-15(10-11-6-3-4-8-14-11)13(16)12-7-5-9-17-12/h11-12,14H,2-10H2,1H3. The predicted molar refractivity (Wildman–Crippen MR) is 73.4 cm³/mol. The Morgan fingerprint density at radius 3 is 2.82 bits per heavy atom. The van der Waals surface area contributed by atoms with Gasteiger partial charge in [-0.15, -0.1) is 11.8 Å². The van der Waals surface area contributed by atoms with Gasteiger partial charge in [0.15, 0.2) is 0 Å². The summed E-state index contributed by atoms with van der Waals surface area (Å²) in [7, 11) is 0. The van der Waals surface area contributed by atoms with Crippen LogP contribution in [0.4, 0.5) is 0 Å². The fourth-order valence-corrected chi connectivity index (χ4v) is 3.94. The largest absolute Gasteiger partial charge is 0.340 e. The first-order chi connectivity index (χ1) is 8.31. The molecule has 17 heavy (non-hydrogen) atoms. The van der Waals surface area contributed by atoms with Gasteiger partial charge in [0.25, 0.3) is 0 Å². The quantitative estimate of drug-likeness (QED) is 0.833. The van der Waals surface area contributed by atoms with Gasteiger partial charge in [-0.3, -0.25) is 4.79 Å². The number of carbonyl (C=O) groups excluding carboxylic acids is 1. The van der Waals surface area contributed by atoms with E-state index in [4.69, 9.17) is 0 Å². The molecule has 0 aromatic rings. The molecular weight excluding hydrogens is 232 g/mol. The van der Waals surface area contributed by atoms with Crippen molar-refractivity contribution >= 4 is 17.7 Å². The number of thioether (sulfide) groups is 1. The number of piperidine rings is 1. The maximum Gasteiger partial charge on any atom is 0.235 e. The van der Waals surface area contributed by atoms with Crippen LogP contribution in [0.15, 0.2) is 0 Å². The highest BCUT2D eigenvalue weighted by Gasteiger charge is 2.28. The normalized spacial score (nSPS) is 29.2. The van der Waals surface area contributed by atoms with Crippen LogP contribution in [0.1, 0.15) is 39.0 Å². The second-order valence-corrected chi connectivity index (χ2v) is 6.34. The molecule has 2 aliphatic rings. The van der Waals surface area contributed by atoms with Gasteiger partial charge in [0.2, 0.25) is 5.91 Å². The van der Waals surface area contributed by atoms with Gasteiger partial charge in [-0.1, -0.05) is 6.42 Å². The highest BCUT2D eigenvalue weighted by molar-refractivity contribution is 8.00. The van der Waals surface area contributed by atoms with Crippen molar-refractivity contribution in [1.82, 2.24) is 10.2 Å². The van der Waals surface area contributed by atoms with E-state index in [2.05, 4.69) is 17.1 Å². The van der Waals surface area contributed by atoms with Crippen molar-refractivity contribution in [1.29, 1.82) is 0 Å². The number of amides is 1. The van der Waals surface area contributed by atoms with Gasteiger partial charge in [0.05, 0.1) is 5.25 Å². The number of carbonyl (C=O) groups is 1. The van der Waals surface area contributed by atoms with Crippen molar-refractivity contribution in [3.8, 4) is 0 Å². The summed E-state index contributed by atoms with van der Waals surface area (Å²) in [5.74, 6) is 1.54. The molecule has 0 radical (unpaired) electrons. The maximum atomic E-state index is 12.3. The first kappa shape index (κ1) is 13.2. The van der Waals surface area contributed by atoms with Crippen LogP contribution in [0.2, 0.25) is 0 Å². The second-order valence-electron chi connectivity index (χ2n) is 5.03. The smallest absolute Gasteiger partial charge is 0.235 e. The number of rotatable bonds is 4. The summed E-state index contributed by atoms with van der Waals surface area (Å²) in [6.07, 6.45) is 6.11. The Kier molecular flexibility index (Phi) is 5.16. The zero-order valence-electron chi connectivity index (χ0n) is 10.8. The van der Waals surface area contributed by atoms with Gasteiger partial charge in [-0.25, -0.2) is 0 Å². The Hall–Kier alpha value is -0.220. The van der Waals surface area contributed by atoms with E-state index in [-0.39, 0.29) is 5.25 Å². The highest BCUT2D eigenvalue weighted by atomic mass is 32.2. The lowest BCUT2D eigenvalue weighted by molar-refractivity contribution is -0.130. The molecule has 0 aromatic carbocycles. The van der Waals surface area contributed by atoms with Crippen molar-refractivity contribution in [2.24, 2.45) is 0 Å². The highest BCUT2D eigenvalue weighted by Crippen LogP contribution is 2.27. The summed E-state index contributed by atoms with van der Waals surface area (Å²) in [5, 5.41) is 3.78. The molecule has 0 saturated carbocycles. The fraction of sp³-hybridized carbons (Fsp3) is 0.923. The summed E-state index contributed by atoms with van der Waals surface area (Å²) in [6.45, 7) is 4.98. The Morgan fingerprint density at radius 2 is 2.24 bits per heavy atom. The third-order valence-corrected chi connectivity index (χ3v) is 5.12. The number of nitrogens with one attached hydrogen (secondary N) is 1. The molecule has 0 aliphatic carbocycles. The molecule has 0 spiro atoms. The molecule has 2 rings (SSSR count). The Bertz CT molecular complexity index is 248. The van der Waals surface area contributed by atoms with Gasteiger partial charge in [-0.05, 0) is 44.9 Å². The van der Waals surface area contributed by atoms with E-state index >= 15 is 0 Å². The van der Waals surface area contributed by atoms with Crippen LogP contribution < -0.4 is 5.32 Å². The Labute approximate surface area is 109 Å². The van der Waals surface area contributed by atoms with Crippen LogP contribution in [0.25, 0.3) is 0 Å². The van der Waals surface area contributed by atoms with Gasteiger partial charge >= 0.3 is 0 Å². The van der Waals surface area contributed by atoms with Gasteiger partial charge < -0.3 is 10.2 Å². The van der Waals surface area contributed by atoms with E-state index in [0.717, 1.165) is 31.8 Å². The Balaban J connectivity index is 1.83. The molecule has 2 heterocycles. The van der Waals surface area contributed by atoms with E-state index in [0.29, 0.717) is 11.9 Å². The third kappa shape index (κ3) is 3.62. The van der Waals surface area contributed by atoms with Crippen molar-refractivity contribution in [3.05, 3.63) is 0 Å². The third-order valence-electron chi connectivity index (χ3n) is 3.75. The van der Waals surface area contributed by atoms with Crippen LogP contribution in [0.5, 0.6) is 0 Å². The molecule has 4 heteroatoms. The second kappa shape index (κ2) is 6.64. The topological polar surface area (TPSA) is 32.3 Å². The van der Waals surface area contributed by atoms with Crippen LogP contribution in [-0.2, 0) is 4.79 Å². The number of hydrogen-bond acceptors (Lipinski definition) is 3. The summed E-state index contributed by atoms with van der Waals surface area (Å²) in [5.41, 5.74) is 0. The monoisotopic (exact) mass is 256 g/mol. The zero-order chi connectivity index (χ0) is 12.1. The molecule has 3 nitrogen and oxygen atoms in total. The van der Waals surface area contributed by atoms with E-state index in [1.54, 1.807) is 0 Å². The predicted octanol–water partition coefficient (Wildman–Crippen LogP) is 1.87. The molecular formula is C13H24N2OS. The molecule has 98 valence electrons. The summed E-state index contributed by atoms with van der Waals surface area (Å²) in [4.78, 5) is 14.4. The molecule has 2 atom stereocenters. The lowest BCUT2D eigenvalue weighted by Crippen LogP contribution is -2.47. The minimum absolute atomic E-state index is 0.249. The summed E-state index contributed by atoms with van der Waals surface area (Å²) < 4.78 is 0. The van der Waals surface area contributed by atoms with Crippen molar-refractivity contribution in [3.63, 3.8) is 0 Å².